The van der Waals surface area contributed by atoms with Gasteiger partial charge in [0.25, 0.3) is 5.91 Å². The standard InChI is InChI=1S/C22H26N2O3S/c1-22(2,3)14-7-8-15-16(12-23)21(28-19(15)11-14)24-20(25)13-6-9-17(26-4)18(10-13)27-5/h6,9-10,14H,7-8,11H2,1-5H3,(H,24,25)/t14-/m1/s1. The number of amides is 1. The lowest BCUT2D eigenvalue weighted by Crippen LogP contribution is -2.26. The van der Waals surface area contributed by atoms with Gasteiger partial charge in [0, 0.05) is 10.4 Å². The van der Waals surface area contributed by atoms with Gasteiger partial charge in [-0.1, -0.05) is 20.8 Å². The maximum absolute atomic E-state index is 12.8. The number of methoxy groups -OCH3 is 2. The molecular formula is C22H26N2O3S. The third-order valence-electron chi connectivity index (χ3n) is 5.47. The first-order chi connectivity index (χ1) is 13.3. The highest BCUT2D eigenvalue weighted by Gasteiger charge is 2.32. The van der Waals surface area contributed by atoms with Crippen LogP contribution in [0, 0.1) is 22.7 Å². The van der Waals surface area contributed by atoms with Crippen LogP contribution in [0.1, 0.15) is 53.6 Å². The number of nitrogens with zero attached hydrogens (tertiary/aromatic N) is 1. The van der Waals surface area contributed by atoms with Crippen molar-refractivity contribution < 1.29 is 14.3 Å². The Kier molecular flexibility index (Phi) is 5.66. The van der Waals surface area contributed by atoms with Gasteiger partial charge in [-0.05, 0) is 54.4 Å². The Labute approximate surface area is 170 Å². The molecule has 5 nitrogen and oxygen atoms in total. The summed E-state index contributed by atoms with van der Waals surface area (Å²) in [5, 5.41) is 13.3. The van der Waals surface area contributed by atoms with Gasteiger partial charge >= 0.3 is 0 Å². The summed E-state index contributed by atoms with van der Waals surface area (Å²) in [6.45, 7) is 6.80. The SMILES string of the molecule is COc1ccc(C(=O)Nc2sc3c(c2C#N)CC[C@@H](C(C)(C)C)C3)cc1OC. The van der Waals surface area contributed by atoms with Crippen LogP contribution in [0.5, 0.6) is 11.5 Å². The maximum Gasteiger partial charge on any atom is 0.256 e. The maximum atomic E-state index is 12.8. The molecule has 6 heteroatoms. The number of hydrogen-bond acceptors (Lipinski definition) is 5. The van der Waals surface area contributed by atoms with Crippen molar-refractivity contribution in [2.24, 2.45) is 11.3 Å². The molecule has 0 saturated carbocycles. The van der Waals surface area contributed by atoms with E-state index in [1.807, 2.05) is 0 Å². The molecule has 0 fully saturated rings. The van der Waals surface area contributed by atoms with Gasteiger partial charge in [-0.3, -0.25) is 4.79 Å². The van der Waals surface area contributed by atoms with Gasteiger partial charge in [-0.25, -0.2) is 0 Å². The van der Waals surface area contributed by atoms with Gasteiger partial charge in [-0.2, -0.15) is 5.26 Å². The molecule has 1 aromatic carbocycles. The van der Waals surface area contributed by atoms with Gasteiger partial charge in [0.2, 0.25) is 0 Å². The lowest BCUT2D eigenvalue weighted by molar-refractivity contribution is 0.102. The molecule has 148 valence electrons. The molecule has 0 unspecified atom stereocenters. The van der Waals surface area contributed by atoms with Crippen LogP contribution in [0.3, 0.4) is 0 Å². The average molecular weight is 399 g/mol. The van der Waals surface area contributed by atoms with Crippen LogP contribution >= 0.6 is 11.3 Å². The van der Waals surface area contributed by atoms with E-state index in [9.17, 15) is 10.1 Å². The quantitative estimate of drug-likeness (QED) is 0.783. The van der Waals surface area contributed by atoms with Crippen molar-refractivity contribution in [2.45, 2.75) is 40.0 Å². The van der Waals surface area contributed by atoms with E-state index < -0.39 is 0 Å². The Morgan fingerprint density at radius 1 is 1.25 bits per heavy atom. The van der Waals surface area contributed by atoms with Crippen molar-refractivity contribution in [2.75, 3.05) is 19.5 Å². The van der Waals surface area contributed by atoms with E-state index in [1.54, 1.807) is 25.3 Å². The number of nitrogens with one attached hydrogen (secondary N) is 1. The van der Waals surface area contributed by atoms with E-state index >= 15 is 0 Å². The molecule has 1 amide bonds. The van der Waals surface area contributed by atoms with E-state index in [0.717, 1.165) is 24.8 Å². The average Bonchev–Trinajstić information content (AvgIpc) is 3.02. The van der Waals surface area contributed by atoms with E-state index in [-0.39, 0.29) is 11.3 Å². The fourth-order valence-corrected chi connectivity index (χ4v) is 4.96. The van der Waals surface area contributed by atoms with E-state index in [1.165, 1.54) is 23.3 Å². The van der Waals surface area contributed by atoms with Crippen molar-refractivity contribution in [3.63, 3.8) is 0 Å². The third kappa shape index (κ3) is 3.85. The van der Waals surface area contributed by atoms with E-state index in [4.69, 9.17) is 9.47 Å². The molecule has 0 bridgehead atoms. The number of thiophene rings is 1. The van der Waals surface area contributed by atoms with Gasteiger partial charge in [0.1, 0.15) is 11.1 Å². The third-order valence-corrected chi connectivity index (χ3v) is 6.64. The van der Waals surface area contributed by atoms with Crippen LogP contribution in [-0.4, -0.2) is 20.1 Å². The molecule has 1 heterocycles. The number of benzene rings is 1. The largest absolute Gasteiger partial charge is 0.493 e. The Morgan fingerprint density at radius 2 is 1.96 bits per heavy atom. The molecule has 1 aromatic heterocycles. The number of rotatable bonds is 4. The summed E-state index contributed by atoms with van der Waals surface area (Å²) in [4.78, 5) is 14.0. The minimum absolute atomic E-state index is 0.234. The molecule has 0 saturated heterocycles. The Bertz CT molecular complexity index is 934. The van der Waals surface area contributed by atoms with Crippen molar-refractivity contribution in [1.82, 2.24) is 0 Å². The molecule has 3 rings (SSSR count). The Morgan fingerprint density at radius 3 is 2.57 bits per heavy atom. The molecule has 1 N–H and O–H groups in total. The summed E-state index contributed by atoms with van der Waals surface area (Å²) in [7, 11) is 3.09. The van der Waals surface area contributed by atoms with Crippen LogP contribution < -0.4 is 14.8 Å². The monoisotopic (exact) mass is 398 g/mol. The van der Waals surface area contributed by atoms with Gasteiger partial charge < -0.3 is 14.8 Å². The first kappa shape index (κ1) is 20.2. The normalized spacial score (nSPS) is 16.1. The topological polar surface area (TPSA) is 71.3 Å². The second-order valence-corrected chi connectivity index (χ2v) is 9.25. The van der Waals surface area contributed by atoms with Crippen LogP contribution in [0.25, 0.3) is 0 Å². The smallest absolute Gasteiger partial charge is 0.256 e. The predicted octanol–water partition coefficient (Wildman–Crippen LogP) is 5.04. The van der Waals surface area contributed by atoms with Crippen LogP contribution in [-0.2, 0) is 12.8 Å². The van der Waals surface area contributed by atoms with Crippen molar-refractivity contribution in [3.8, 4) is 17.6 Å². The summed E-state index contributed by atoms with van der Waals surface area (Å²) in [5.41, 5.74) is 2.41. The Balaban J connectivity index is 1.87. The second kappa shape index (κ2) is 7.84. The van der Waals surface area contributed by atoms with Crippen LogP contribution in [0.4, 0.5) is 5.00 Å². The van der Waals surface area contributed by atoms with Crippen molar-refractivity contribution in [3.05, 3.63) is 39.8 Å². The fraction of sp³-hybridized carbons (Fsp3) is 0.455. The predicted molar refractivity (Wildman–Crippen MR) is 112 cm³/mol. The fourth-order valence-electron chi connectivity index (χ4n) is 3.68. The summed E-state index contributed by atoms with van der Waals surface area (Å²) >= 11 is 1.54. The second-order valence-electron chi connectivity index (χ2n) is 8.15. The van der Waals surface area contributed by atoms with E-state index in [0.29, 0.717) is 33.5 Å². The highest BCUT2D eigenvalue weighted by Crippen LogP contribution is 2.44. The highest BCUT2D eigenvalue weighted by molar-refractivity contribution is 7.16. The number of anilines is 1. The number of nitriles is 1. The number of hydrogen-bond donors (Lipinski definition) is 1. The van der Waals surface area contributed by atoms with Gasteiger partial charge in [-0.15, -0.1) is 11.3 Å². The first-order valence-corrected chi connectivity index (χ1v) is 10.2. The minimum Gasteiger partial charge on any atom is -0.493 e. The van der Waals surface area contributed by atoms with Gasteiger partial charge in [0.15, 0.2) is 11.5 Å². The molecule has 0 radical (unpaired) electrons. The number of fused-ring (bicyclic) bond motifs is 1. The molecule has 28 heavy (non-hydrogen) atoms. The molecular weight excluding hydrogens is 372 g/mol. The first-order valence-electron chi connectivity index (χ1n) is 9.36. The van der Waals surface area contributed by atoms with Gasteiger partial charge in [0.05, 0.1) is 19.8 Å². The number of ether oxygens (including phenoxy) is 2. The zero-order valence-electron chi connectivity index (χ0n) is 17.0. The lowest BCUT2D eigenvalue weighted by atomic mass is 9.72. The summed E-state index contributed by atoms with van der Waals surface area (Å²) < 4.78 is 10.5. The molecule has 0 spiro atoms. The molecule has 1 aliphatic rings. The van der Waals surface area contributed by atoms with Crippen molar-refractivity contribution in [1.29, 1.82) is 5.26 Å². The zero-order valence-corrected chi connectivity index (χ0v) is 17.8. The number of carbonyl (C=O) groups is 1. The summed E-state index contributed by atoms with van der Waals surface area (Å²) in [6, 6.07) is 7.34. The molecule has 2 aromatic rings. The van der Waals surface area contributed by atoms with Crippen LogP contribution in [0.15, 0.2) is 18.2 Å². The molecule has 0 aliphatic heterocycles. The summed E-state index contributed by atoms with van der Waals surface area (Å²) in [6.07, 6.45) is 2.93. The van der Waals surface area contributed by atoms with Crippen LogP contribution in [0.2, 0.25) is 0 Å². The summed E-state index contributed by atoms with van der Waals surface area (Å²) in [5.74, 6) is 1.38. The Hall–Kier alpha value is -2.52. The minimum atomic E-state index is -0.261. The van der Waals surface area contributed by atoms with E-state index in [2.05, 4.69) is 32.2 Å². The van der Waals surface area contributed by atoms with Crippen molar-refractivity contribution >= 4 is 22.2 Å². The lowest BCUT2D eigenvalue weighted by Gasteiger charge is -2.33. The molecule has 1 atom stereocenters. The zero-order chi connectivity index (χ0) is 20.5. The number of carbonyl (C=O) groups excluding carboxylic acids is 1. The molecule has 1 aliphatic carbocycles. The highest BCUT2D eigenvalue weighted by atomic mass is 32.1.